The summed E-state index contributed by atoms with van der Waals surface area (Å²) in [6.07, 6.45) is 1.84. The molecule has 9 heteroatoms. The Hall–Kier alpha value is -2.59. The summed E-state index contributed by atoms with van der Waals surface area (Å²) in [4.78, 5) is 9.74. The third kappa shape index (κ3) is 4.28. The molecule has 0 unspecified atom stereocenters. The topological polar surface area (TPSA) is 107 Å². The Labute approximate surface area is 167 Å². The number of benzene rings is 1. The summed E-state index contributed by atoms with van der Waals surface area (Å²) < 4.78 is 7.71. The van der Waals surface area contributed by atoms with Gasteiger partial charge in [-0.25, -0.2) is 5.43 Å². The summed E-state index contributed by atoms with van der Waals surface area (Å²) >= 11 is 1.61. The van der Waals surface area contributed by atoms with E-state index in [1.165, 1.54) is 23.5 Å². The Morgan fingerprint density at radius 3 is 2.79 bits per heavy atom. The van der Waals surface area contributed by atoms with Gasteiger partial charge in [-0.05, 0) is 38.6 Å². The van der Waals surface area contributed by atoms with Crippen molar-refractivity contribution in [3.05, 3.63) is 52.2 Å². The average molecular weight is 400 g/mol. The van der Waals surface area contributed by atoms with Crippen LogP contribution in [0.4, 0.5) is 0 Å². The van der Waals surface area contributed by atoms with E-state index >= 15 is 0 Å². The Bertz CT molecular complexity index is 1010. The zero-order valence-electron chi connectivity index (χ0n) is 16.3. The predicted octanol–water partition coefficient (Wildman–Crippen LogP) is 2.85. The average Bonchev–Trinajstić information content (AvgIpc) is 3.46. The third-order valence-electron chi connectivity index (χ3n) is 4.28. The number of rotatable bonds is 7. The normalized spacial score (nSPS) is 10.9. The van der Waals surface area contributed by atoms with Crippen molar-refractivity contribution in [3.63, 3.8) is 0 Å². The number of aromatic nitrogens is 4. The van der Waals surface area contributed by atoms with E-state index in [9.17, 15) is 0 Å². The van der Waals surface area contributed by atoms with Crippen LogP contribution in [0, 0.1) is 6.92 Å². The van der Waals surface area contributed by atoms with E-state index in [0.29, 0.717) is 24.8 Å². The van der Waals surface area contributed by atoms with Gasteiger partial charge in [0.15, 0.2) is 5.82 Å². The quantitative estimate of drug-likeness (QED) is 0.324. The Balaban J connectivity index is 0.00000109. The van der Waals surface area contributed by atoms with Gasteiger partial charge in [-0.2, -0.15) is 4.98 Å². The van der Waals surface area contributed by atoms with E-state index in [4.69, 9.17) is 4.52 Å². The van der Waals surface area contributed by atoms with Crippen molar-refractivity contribution >= 4 is 22.2 Å². The lowest BCUT2D eigenvalue weighted by Gasteiger charge is -2.04. The summed E-state index contributed by atoms with van der Waals surface area (Å²) in [6.45, 7) is 6.26. The molecule has 4 rings (SSSR count). The summed E-state index contributed by atoms with van der Waals surface area (Å²) in [5.74, 6) is 1.16. The fraction of sp³-hybridized carbons (Fsp3) is 0.316. The molecule has 3 aromatic heterocycles. The van der Waals surface area contributed by atoms with Crippen molar-refractivity contribution in [1.82, 2.24) is 30.5 Å². The van der Waals surface area contributed by atoms with Crippen LogP contribution in [0.15, 0.2) is 40.5 Å². The van der Waals surface area contributed by atoms with Crippen molar-refractivity contribution in [1.29, 1.82) is 0 Å². The number of hydrogen-bond donors (Lipinski definition) is 3. The van der Waals surface area contributed by atoms with E-state index < -0.39 is 0 Å². The molecule has 8 nitrogen and oxygen atoms in total. The maximum atomic E-state index is 5.51. The first kappa shape index (κ1) is 20.2. The highest BCUT2D eigenvalue weighted by Crippen LogP contribution is 2.29. The van der Waals surface area contributed by atoms with Crippen molar-refractivity contribution in [2.75, 3.05) is 7.05 Å². The molecule has 0 saturated heterocycles. The highest BCUT2D eigenvalue weighted by atomic mass is 32.1. The molecule has 0 aliphatic rings. The molecule has 148 valence electrons. The largest absolute Gasteiger partial charge is 0.337 e. The lowest BCUT2D eigenvalue weighted by molar-refractivity contribution is 0.411. The van der Waals surface area contributed by atoms with Gasteiger partial charge in [0.25, 0.3) is 5.89 Å². The second-order valence-electron chi connectivity index (χ2n) is 5.97. The zero-order chi connectivity index (χ0) is 19.9. The van der Waals surface area contributed by atoms with E-state index in [2.05, 4.69) is 74.4 Å². The Morgan fingerprint density at radius 1 is 1.21 bits per heavy atom. The lowest BCUT2D eigenvalue weighted by atomic mass is 10.1. The van der Waals surface area contributed by atoms with Crippen molar-refractivity contribution < 1.29 is 4.52 Å². The van der Waals surface area contributed by atoms with Crippen LogP contribution >= 0.6 is 11.3 Å². The van der Waals surface area contributed by atoms with E-state index in [1.807, 2.05) is 11.7 Å². The second kappa shape index (κ2) is 9.56. The van der Waals surface area contributed by atoms with Crippen LogP contribution in [-0.2, 0) is 19.6 Å². The van der Waals surface area contributed by atoms with Crippen LogP contribution in [-0.4, -0.2) is 26.7 Å². The summed E-state index contributed by atoms with van der Waals surface area (Å²) in [7, 11) is 1.50. The molecule has 0 fully saturated rings. The highest BCUT2D eigenvalue weighted by Gasteiger charge is 2.16. The van der Waals surface area contributed by atoms with E-state index in [-0.39, 0.29) is 0 Å². The van der Waals surface area contributed by atoms with Gasteiger partial charge in [-0.15, -0.1) is 11.3 Å². The number of fused-ring (bicyclic) bond motifs is 1. The molecule has 4 aromatic rings. The molecule has 0 bridgehead atoms. The molecule has 0 amide bonds. The number of hydrogen-bond acceptors (Lipinski definition) is 8. The van der Waals surface area contributed by atoms with Gasteiger partial charge in [0.2, 0.25) is 0 Å². The molecule has 0 spiro atoms. The molecule has 28 heavy (non-hydrogen) atoms. The predicted molar refractivity (Wildman–Crippen MR) is 112 cm³/mol. The summed E-state index contributed by atoms with van der Waals surface area (Å²) in [5, 5.41) is 5.30. The maximum Gasteiger partial charge on any atom is 0.274 e. The van der Waals surface area contributed by atoms with Gasteiger partial charge in [0, 0.05) is 35.1 Å². The number of nitrogens with two attached hydrogens (primary N) is 1. The molecule has 0 atom stereocenters. The monoisotopic (exact) mass is 399 g/mol. The molecule has 0 aliphatic heterocycles. The van der Waals surface area contributed by atoms with Crippen molar-refractivity contribution in [2.24, 2.45) is 5.73 Å². The van der Waals surface area contributed by atoms with Gasteiger partial charge in [-0.3, -0.25) is 10.4 Å². The molecule has 1 aromatic carbocycles. The number of thiazole rings is 1. The first-order chi connectivity index (χ1) is 13.8. The van der Waals surface area contributed by atoms with Gasteiger partial charge >= 0.3 is 0 Å². The molecule has 3 heterocycles. The van der Waals surface area contributed by atoms with Crippen molar-refractivity contribution in [3.8, 4) is 11.6 Å². The fourth-order valence-corrected chi connectivity index (χ4v) is 3.54. The molecule has 0 radical (unpaired) electrons. The Kier molecular flexibility index (Phi) is 6.88. The molecular weight excluding hydrogens is 374 g/mol. The van der Waals surface area contributed by atoms with Crippen LogP contribution in [0.25, 0.3) is 22.5 Å². The minimum atomic E-state index is 0.480. The molecule has 0 aliphatic carbocycles. The minimum Gasteiger partial charge on any atom is -0.337 e. The second-order valence-corrected chi connectivity index (χ2v) is 6.94. The van der Waals surface area contributed by atoms with Crippen molar-refractivity contribution in [2.45, 2.75) is 33.5 Å². The van der Waals surface area contributed by atoms with Gasteiger partial charge in [0.1, 0.15) is 5.69 Å². The first-order valence-corrected chi connectivity index (χ1v) is 9.97. The first-order valence-electron chi connectivity index (χ1n) is 9.09. The Morgan fingerprint density at radius 2 is 2.04 bits per heavy atom. The highest BCUT2D eigenvalue weighted by molar-refractivity contribution is 7.09. The van der Waals surface area contributed by atoms with Crippen LogP contribution in [0.3, 0.4) is 0 Å². The number of hydrazine groups is 1. The van der Waals surface area contributed by atoms with Gasteiger partial charge < -0.3 is 14.8 Å². The lowest BCUT2D eigenvalue weighted by Crippen LogP contribution is -2.30. The van der Waals surface area contributed by atoms with E-state index in [0.717, 1.165) is 17.1 Å². The SMILES string of the molecule is CCn1c(-c2nc(CNNCc3cncs3)no2)cc2c(C)cccc21.CN. The number of aryl methyl sites for hydroxylation is 2. The van der Waals surface area contributed by atoms with E-state index in [1.54, 1.807) is 11.3 Å². The molecule has 0 saturated carbocycles. The van der Waals surface area contributed by atoms with Gasteiger partial charge in [-0.1, -0.05) is 17.3 Å². The summed E-state index contributed by atoms with van der Waals surface area (Å²) in [5.41, 5.74) is 15.9. The van der Waals surface area contributed by atoms with Gasteiger partial charge in [0.05, 0.1) is 12.1 Å². The van der Waals surface area contributed by atoms with Crippen LogP contribution in [0.2, 0.25) is 0 Å². The molecular formula is C19H25N7OS. The molecule has 4 N–H and O–H groups in total. The summed E-state index contributed by atoms with van der Waals surface area (Å²) in [6, 6.07) is 8.44. The maximum absolute atomic E-state index is 5.51. The van der Waals surface area contributed by atoms with Crippen LogP contribution < -0.4 is 16.6 Å². The zero-order valence-corrected chi connectivity index (χ0v) is 17.1. The van der Waals surface area contributed by atoms with Crippen LogP contribution in [0.5, 0.6) is 0 Å². The standard InChI is InChI=1S/C18H20N6OS.CH5N/c1-3-24-15-6-4-5-12(2)14(15)7-16(24)18-22-17(23-25-18)10-21-20-9-13-8-19-11-26-13;1-2/h4-8,11,20-21H,3,9-10H2,1-2H3;2H2,1H3. The smallest absolute Gasteiger partial charge is 0.274 e. The fourth-order valence-electron chi connectivity index (χ4n) is 3.00. The van der Waals surface area contributed by atoms with Crippen LogP contribution in [0.1, 0.15) is 23.2 Å². The minimum absolute atomic E-state index is 0.480. The number of nitrogens with one attached hydrogen (secondary N) is 2. The number of nitrogens with zero attached hydrogens (tertiary/aromatic N) is 4. The third-order valence-corrected chi connectivity index (χ3v) is 5.06.